The minimum atomic E-state index is -0.237. The van der Waals surface area contributed by atoms with E-state index in [-0.39, 0.29) is 5.41 Å². The lowest BCUT2D eigenvalue weighted by Gasteiger charge is -2.08. The molecular formula is C12H16N2O. The predicted octanol–water partition coefficient (Wildman–Crippen LogP) is 2.81. The fourth-order valence-electron chi connectivity index (χ4n) is 1.19. The molecule has 0 N–H and O–H groups in total. The van der Waals surface area contributed by atoms with Crippen LogP contribution in [0.3, 0.4) is 0 Å². The minimum Gasteiger partial charge on any atom is -0.492 e. The highest BCUT2D eigenvalue weighted by atomic mass is 16.5. The summed E-state index contributed by atoms with van der Waals surface area (Å²) in [7, 11) is 0. The van der Waals surface area contributed by atoms with E-state index in [0.29, 0.717) is 12.4 Å². The number of allylic oxidation sites excluding steroid dienone is 2. The second kappa shape index (κ2) is 4.79. The minimum absolute atomic E-state index is 0.237. The van der Waals surface area contributed by atoms with E-state index in [0.717, 1.165) is 18.5 Å². The molecule has 1 fully saturated rings. The molecule has 0 heterocycles. The van der Waals surface area contributed by atoms with Gasteiger partial charge < -0.3 is 4.74 Å². The van der Waals surface area contributed by atoms with Crippen molar-refractivity contribution in [3.63, 3.8) is 0 Å². The van der Waals surface area contributed by atoms with Gasteiger partial charge in [-0.15, -0.1) is 0 Å². The number of hydrogen-bond donors (Lipinski definition) is 0. The molecule has 80 valence electrons. The Kier molecular flexibility index (Phi) is 3.68. The van der Waals surface area contributed by atoms with Crippen LogP contribution < -0.4 is 0 Å². The number of nitrogens with zero attached hydrogens (tertiary/aromatic N) is 2. The first kappa shape index (κ1) is 11.5. The molecule has 0 unspecified atom stereocenters. The van der Waals surface area contributed by atoms with Crippen molar-refractivity contribution in [2.45, 2.75) is 26.7 Å². The van der Waals surface area contributed by atoms with Gasteiger partial charge in [-0.25, -0.2) is 0 Å². The van der Waals surface area contributed by atoms with Gasteiger partial charge in [0.1, 0.15) is 12.4 Å². The molecule has 0 aromatic carbocycles. The van der Waals surface area contributed by atoms with Gasteiger partial charge in [-0.1, -0.05) is 6.58 Å². The van der Waals surface area contributed by atoms with E-state index in [1.165, 1.54) is 0 Å². The zero-order chi connectivity index (χ0) is 11.3. The smallest absolute Gasteiger partial charge is 0.114 e. The summed E-state index contributed by atoms with van der Waals surface area (Å²) in [6, 6.07) is 2.27. The summed E-state index contributed by atoms with van der Waals surface area (Å²) in [6.45, 7) is 7.94. The summed E-state index contributed by atoms with van der Waals surface area (Å²) in [6.07, 6.45) is 5.36. The summed E-state index contributed by atoms with van der Waals surface area (Å²) < 4.78 is 5.41. The maximum Gasteiger partial charge on any atom is 0.114 e. The van der Waals surface area contributed by atoms with E-state index < -0.39 is 0 Å². The lowest BCUT2D eigenvalue weighted by Crippen LogP contribution is -2.06. The third-order valence-corrected chi connectivity index (χ3v) is 2.33. The molecule has 0 bridgehead atoms. The first-order chi connectivity index (χ1) is 7.12. The second-order valence-electron chi connectivity index (χ2n) is 3.82. The van der Waals surface area contributed by atoms with Crippen molar-refractivity contribution in [1.29, 1.82) is 5.26 Å². The number of rotatable bonds is 5. The maximum absolute atomic E-state index is 8.84. The summed E-state index contributed by atoms with van der Waals surface area (Å²) >= 11 is 0. The van der Waals surface area contributed by atoms with Gasteiger partial charge >= 0.3 is 0 Å². The van der Waals surface area contributed by atoms with E-state index in [9.17, 15) is 0 Å². The van der Waals surface area contributed by atoms with Gasteiger partial charge in [-0.3, -0.25) is 4.99 Å². The lowest BCUT2D eigenvalue weighted by atomic mass is 10.1. The molecule has 0 aliphatic heterocycles. The van der Waals surface area contributed by atoms with Gasteiger partial charge in [0.25, 0.3) is 0 Å². The largest absolute Gasteiger partial charge is 0.492 e. The Balaban J connectivity index is 2.37. The lowest BCUT2D eigenvalue weighted by molar-refractivity contribution is 0.188. The zero-order valence-corrected chi connectivity index (χ0v) is 9.29. The number of nitriles is 1. The fourth-order valence-corrected chi connectivity index (χ4v) is 1.19. The molecule has 1 aliphatic carbocycles. The molecule has 0 radical (unpaired) electrons. The van der Waals surface area contributed by atoms with Gasteiger partial charge in [0, 0.05) is 18.0 Å². The van der Waals surface area contributed by atoms with Crippen molar-refractivity contribution in [3.8, 4) is 6.07 Å². The predicted molar refractivity (Wildman–Crippen MR) is 60.3 cm³/mol. The van der Waals surface area contributed by atoms with Crippen LogP contribution in [-0.4, -0.2) is 12.8 Å². The Labute approximate surface area is 90.8 Å². The van der Waals surface area contributed by atoms with Gasteiger partial charge in [0.05, 0.1) is 11.5 Å². The van der Waals surface area contributed by atoms with E-state index in [2.05, 4.69) is 17.6 Å². The van der Waals surface area contributed by atoms with Gasteiger partial charge in [0.2, 0.25) is 0 Å². The van der Waals surface area contributed by atoms with E-state index in [4.69, 9.17) is 10.00 Å². The summed E-state index contributed by atoms with van der Waals surface area (Å²) in [5.74, 6) is 0.569. The summed E-state index contributed by atoms with van der Waals surface area (Å²) in [5, 5.41) is 8.84. The monoisotopic (exact) mass is 204 g/mol. The maximum atomic E-state index is 8.84. The van der Waals surface area contributed by atoms with Crippen LogP contribution in [-0.2, 0) is 4.74 Å². The molecular weight excluding hydrogens is 188 g/mol. The Morgan fingerprint density at radius 1 is 1.67 bits per heavy atom. The van der Waals surface area contributed by atoms with Gasteiger partial charge in [-0.05, 0) is 26.7 Å². The van der Waals surface area contributed by atoms with Crippen molar-refractivity contribution >= 4 is 6.21 Å². The van der Waals surface area contributed by atoms with E-state index in [1.54, 1.807) is 12.3 Å². The Morgan fingerprint density at radius 3 is 2.80 bits per heavy atom. The standard InChI is InChI=1S/C12H16N2O/c1-4-14-10(2)7-11(3)15-9-12(8-13)5-6-12/h4,7H,3,5-6,9H2,1-2H3/b10-7-,14-4?. The molecule has 0 saturated heterocycles. The highest BCUT2D eigenvalue weighted by molar-refractivity contribution is 5.55. The quantitative estimate of drug-likeness (QED) is 0.392. The molecule has 0 amide bonds. The van der Waals surface area contributed by atoms with E-state index >= 15 is 0 Å². The molecule has 1 rings (SSSR count). The highest BCUT2D eigenvalue weighted by Crippen LogP contribution is 2.45. The van der Waals surface area contributed by atoms with Crippen molar-refractivity contribution in [1.82, 2.24) is 0 Å². The molecule has 3 nitrogen and oxygen atoms in total. The van der Waals surface area contributed by atoms with Crippen LogP contribution in [0.4, 0.5) is 0 Å². The van der Waals surface area contributed by atoms with Crippen LogP contribution >= 0.6 is 0 Å². The molecule has 0 spiro atoms. The van der Waals surface area contributed by atoms with E-state index in [1.807, 2.05) is 13.8 Å². The average Bonchev–Trinajstić information content (AvgIpc) is 2.96. The van der Waals surface area contributed by atoms with Crippen molar-refractivity contribution in [2.24, 2.45) is 10.4 Å². The number of aliphatic imine (C=N–C) groups is 1. The molecule has 15 heavy (non-hydrogen) atoms. The fraction of sp³-hybridized carbons (Fsp3) is 0.500. The molecule has 1 aliphatic rings. The van der Waals surface area contributed by atoms with Crippen LogP contribution in [0.1, 0.15) is 26.7 Å². The molecule has 0 aromatic rings. The van der Waals surface area contributed by atoms with Crippen molar-refractivity contribution in [2.75, 3.05) is 6.61 Å². The Bertz CT molecular complexity index is 343. The Morgan fingerprint density at radius 2 is 2.33 bits per heavy atom. The van der Waals surface area contributed by atoms with Gasteiger partial charge in [-0.2, -0.15) is 5.26 Å². The zero-order valence-electron chi connectivity index (χ0n) is 9.29. The topological polar surface area (TPSA) is 45.4 Å². The third-order valence-electron chi connectivity index (χ3n) is 2.33. The number of ether oxygens (including phenoxy) is 1. The summed E-state index contributed by atoms with van der Waals surface area (Å²) in [4.78, 5) is 4.08. The van der Waals surface area contributed by atoms with Gasteiger partial charge in [0.15, 0.2) is 0 Å². The SMILES string of the molecule is C=C(/C=C(/C)N=CC)OCC1(C#N)CC1. The van der Waals surface area contributed by atoms with Crippen LogP contribution in [0.2, 0.25) is 0 Å². The first-order valence-electron chi connectivity index (χ1n) is 5.02. The molecule has 3 heteroatoms. The molecule has 0 aromatic heterocycles. The normalized spacial score (nSPS) is 18.6. The van der Waals surface area contributed by atoms with Crippen LogP contribution in [0.5, 0.6) is 0 Å². The van der Waals surface area contributed by atoms with Crippen LogP contribution in [0.25, 0.3) is 0 Å². The average molecular weight is 204 g/mol. The van der Waals surface area contributed by atoms with Crippen molar-refractivity contribution in [3.05, 3.63) is 24.1 Å². The first-order valence-corrected chi connectivity index (χ1v) is 5.02. The summed E-state index contributed by atoms with van der Waals surface area (Å²) in [5.41, 5.74) is 0.614. The molecule has 1 saturated carbocycles. The van der Waals surface area contributed by atoms with Crippen LogP contribution in [0.15, 0.2) is 29.1 Å². The Hall–Kier alpha value is -1.56. The van der Waals surface area contributed by atoms with Crippen LogP contribution in [0, 0.1) is 16.7 Å². The number of hydrogen-bond acceptors (Lipinski definition) is 3. The third kappa shape index (κ3) is 3.59. The second-order valence-corrected chi connectivity index (χ2v) is 3.82. The molecule has 0 atom stereocenters. The highest BCUT2D eigenvalue weighted by Gasteiger charge is 2.44. The van der Waals surface area contributed by atoms with Crippen molar-refractivity contribution < 1.29 is 4.74 Å².